The molecule has 0 aliphatic carbocycles. The van der Waals surface area contributed by atoms with Crippen molar-refractivity contribution in [3.05, 3.63) is 87.8 Å². The van der Waals surface area contributed by atoms with E-state index in [0.717, 1.165) is 28.0 Å². The summed E-state index contributed by atoms with van der Waals surface area (Å²) in [6.07, 6.45) is -0.0144. The molecule has 0 aliphatic rings. The Morgan fingerprint density at radius 1 is 1.07 bits per heavy atom. The maximum Gasteiger partial charge on any atom is 0.252 e. The van der Waals surface area contributed by atoms with Crippen LogP contribution in [0.2, 0.25) is 0 Å². The lowest BCUT2D eigenvalue weighted by Crippen LogP contribution is -2.24. The third kappa shape index (κ3) is 3.32. The van der Waals surface area contributed by atoms with Crippen LogP contribution < -0.4 is 10.9 Å². The highest BCUT2D eigenvalue weighted by molar-refractivity contribution is 5.93. The second kappa shape index (κ2) is 7.15. The maximum atomic E-state index is 12.7. The Bertz CT molecular complexity index is 1220. The number of aromatic amines is 1. The first kappa shape index (κ1) is 17.7. The van der Waals surface area contributed by atoms with Crippen LogP contribution in [-0.2, 0) is 11.2 Å². The van der Waals surface area contributed by atoms with E-state index in [0.29, 0.717) is 11.5 Å². The van der Waals surface area contributed by atoms with Gasteiger partial charge in [0.05, 0.1) is 17.5 Å². The number of carbonyl (C=O) groups excluding carboxylic acids is 1. The van der Waals surface area contributed by atoms with E-state index < -0.39 is 0 Å². The van der Waals surface area contributed by atoms with Crippen molar-refractivity contribution in [2.24, 2.45) is 0 Å². The zero-order valence-electron chi connectivity index (χ0n) is 15.7. The number of fused-ring (bicyclic) bond motifs is 1. The van der Waals surface area contributed by atoms with Gasteiger partial charge in [0.15, 0.2) is 0 Å². The van der Waals surface area contributed by atoms with Crippen LogP contribution in [0.25, 0.3) is 16.7 Å². The molecule has 2 aromatic heterocycles. The minimum atomic E-state index is -0.287. The largest absolute Gasteiger partial charge is 0.326 e. The number of aromatic nitrogens is 3. The number of aryl methyl sites for hydroxylation is 2. The Morgan fingerprint density at radius 2 is 1.79 bits per heavy atom. The summed E-state index contributed by atoms with van der Waals surface area (Å²) in [4.78, 5) is 32.3. The number of para-hydroxylation sites is 3. The minimum absolute atomic E-state index is 0.0144. The number of carbonyl (C=O) groups is 1. The first-order valence-corrected chi connectivity index (χ1v) is 9.05. The fraction of sp³-hybridized carbons (Fsp3) is 0.136. The quantitative estimate of drug-likeness (QED) is 0.575. The van der Waals surface area contributed by atoms with Gasteiger partial charge >= 0.3 is 0 Å². The number of anilines is 1. The van der Waals surface area contributed by atoms with E-state index in [2.05, 4.69) is 15.3 Å². The van der Waals surface area contributed by atoms with Crippen LogP contribution in [-0.4, -0.2) is 20.4 Å². The summed E-state index contributed by atoms with van der Waals surface area (Å²) >= 11 is 0. The summed E-state index contributed by atoms with van der Waals surface area (Å²) in [6, 6.07) is 19.3. The summed E-state index contributed by atoms with van der Waals surface area (Å²) in [7, 11) is 0. The van der Waals surface area contributed by atoms with Crippen molar-refractivity contribution >= 4 is 22.9 Å². The molecular weight excluding hydrogens is 352 g/mol. The molecule has 4 aromatic rings. The summed E-state index contributed by atoms with van der Waals surface area (Å²) < 4.78 is 1.90. The lowest BCUT2D eigenvalue weighted by Gasteiger charge is -2.11. The third-order valence-electron chi connectivity index (χ3n) is 4.66. The first-order chi connectivity index (χ1) is 13.5. The molecule has 0 saturated heterocycles. The first-order valence-electron chi connectivity index (χ1n) is 9.05. The molecule has 2 N–H and O–H groups in total. The number of hydrogen-bond donors (Lipinski definition) is 2. The molecule has 0 fully saturated rings. The van der Waals surface area contributed by atoms with E-state index in [4.69, 9.17) is 0 Å². The van der Waals surface area contributed by atoms with E-state index in [9.17, 15) is 9.59 Å². The standard InChI is InChI=1S/C22H20N4O2/c1-14-12-15(2)23-21(28)17(14)13-20(27)25-22-24-18-10-6-7-11-19(18)26(22)16-8-4-3-5-9-16/h3-12H,13H2,1-2H3,(H,23,28)(H,24,25,27). The number of H-pyrrole nitrogens is 1. The highest BCUT2D eigenvalue weighted by Gasteiger charge is 2.16. The van der Waals surface area contributed by atoms with Crippen molar-refractivity contribution in [2.75, 3.05) is 5.32 Å². The summed E-state index contributed by atoms with van der Waals surface area (Å²) in [5.41, 5.74) is 4.38. The zero-order valence-corrected chi connectivity index (χ0v) is 15.7. The minimum Gasteiger partial charge on any atom is -0.326 e. The Morgan fingerprint density at radius 3 is 2.54 bits per heavy atom. The molecule has 0 radical (unpaired) electrons. The monoisotopic (exact) mass is 372 g/mol. The number of imidazole rings is 1. The molecule has 0 saturated carbocycles. The van der Waals surface area contributed by atoms with Crippen LogP contribution in [0, 0.1) is 13.8 Å². The molecule has 0 bridgehead atoms. The number of benzene rings is 2. The molecule has 0 spiro atoms. The van der Waals surface area contributed by atoms with Crippen molar-refractivity contribution in [1.82, 2.24) is 14.5 Å². The van der Waals surface area contributed by atoms with Crippen LogP contribution in [0.3, 0.4) is 0 Å². The molecule has 0 unspecified atom stereocenters. The highest BCUT2D eigenvalue weighted by Crippen LogP contribution is 2.24. The zero-order chi connectivity index (χ0) is 19.7. The second-order valence-electron chi connectivity index (χ2n) is 6.76. The molecular formula is C22H20N4O2. The Hall–Kier alpha value is -3.67. The molecule has 0 atom stereocenters. The number of amides is 1. The van der Waals surface area contributed by atoms with Crippen molar-refractivity contribution in [3.63, 3.8) is 0 Å². The highest BCUT2D eigenvalue weighted by atomic mass is 16.2. The number of pyridine rings is 1. The van der Waals surface area contributed by atoms with E-state index in [1.165, 1.54) is 0 Å². The van der Waals surface area contributed by atoms with Gasteiger partial charge in [-0.15, -0.1) is 0 Å². The molecule has 28 heavy (non-hydrogen) atoms. The van der Waals surface area contributed by atoms with E-state index in [1.54, 1.807) is 0 Å². The van der Waals surface area contributed by atoms with Crippen LogP contribution in [0.4, 0.5) is 5.95 Å². The van der Waals surface area contributed by atoms with Gasteiger partial charge in [0.1, 0.15) is 0 Å². The summed E-state index contributed by atoms with van der Waals surface area (Å²) in [5, 5.41) is 2.88. The number of rotatable bonds is 4. The Kier molecular flexibility index (Phi) is 4.53. The van der Waals surface area contributed by atoms with Gasteiger partial charge in [-0.1, -0.05) is 30.3 Å². The second-order valence-corrected chi connectivity index (χ2v) is 6.76. The van der Waals surface area contributed by atoms with Crippen LogP contribution >= 0.6 is 0 Å². The van der Waals surface area contributed by atoms with Crippen LogP contribution in [0.1, 0.15) is 16.8 Å². The van der Waals surface area contributed by atoms with E-state index in [1.807, 2.05) is 79.1 Å². The van der Waals surface area contributed by atoms with Crippen molar-refractivity contribution in [3.8, 4) is 5.69 Å². The molecule has 2 aromatic carbocycles. The predicted octanol–water partition coefficient (Wildman–Crippen LogP) is 3.51. The smallest absolute Gasteiger partial charge is 0.252 e. The number of nitrogens with one attached hydrogen (secondary N) is 2. The third-order valence-corrected chi connectivity index (χ3v) is 4.66. The van der Waals surface area contributed by atoms with Crippen molar-refractivity contribution < 1.29 is 4.79 Å². The van der Waals surface area contributed by atoms with E-state index in [-0.39, 0.29) is 17.9 Å². The van der Waals surface area contributed by atoms with Crippen LogP contribution in [0.5, 0.6) is 0 Å². The van der Waals surface area contributed by atoms with Gasteiger partial charge in [-0.05, 0) is 49.7 Å². The van der Waals surface area contributed by atoms with Gasteiger partial charge in [-0.25, -0.2) is 4.98 Å². The average Bonchev–Trinajstić information content (AvgIpc) is 3.03. The van der Waals surface area contributed by atoms with Crippen LogP contribution in [0.15, 0.2) is 65.5 Å². The molecule has 4 rings (SSSR count). The van der Waals surface area contributed by atoms with Gasteiger partial charge in [-0.3, -0.25) is 19.5 Å². The maximum absolute atomic E-state index is 12.7. The van der Waals surface area contributed by atoms with Crippen molar-refractivity contribution in [2.45, 2.75) is 20.3 Å². The lowest BCUT2D eigenvalue weighted by atomic mass is 10.1. The van der Waals surface area contributed by atoms with Gasteiger partial charge in [0, 0.05) is 16.9 Å². The lowest BCUT2D eigenvalue weighted by molar-refractivity contribution is -0.115. The summed E-state index contributed by atoms with van der Waals surface area (Å²) in [6.45, 7) is 3.66. The number of nitrogens with zero attached hydrogens (tertiary/aromatic N) is 2. The predicted molar refractivity (Wildman–Crippen MR) is 110 cm³/mol. The molecule has 1 amide bonds. The van der Waals surface area contributed by atoms with E-state index >= 15 is 0 Å². The SMILES string of the molecule is Cc1cc(C)c(CC(=O)Nc2nc3ccccc3n2-c2ccccc2)c(=O)[nH]1. The molecule has 6 heteroatoms. The molecule has 2 heterocycles. The van der Waals surface area contributed by atoms with Gasteiger partial charge in [-0.2, -0.15) is 0 Å². The normalized spacial score (nSPS) is 10.9. The fourth-order valence-corrected chi connectivity index (χ4v) is 3.38. The molecule has 0 aliphatic heterocycles. The van der Waals surface area contributed by atoms with Gasteiger partial charge < -0.3 is 4.98 Å². The average molecular weight is 372 g/mol. The molecule has 6 nitrogen and oxygen atoms in total. The number of hydrogen-bond acceptors (Lipinski definition) is 3. The van der Waals surface area contributed by atoms with Gasteiger partial charge in [0.2, 0.25) is 11.9 Å². The van der Waals surface area contributed by atoms with Gasteiger partial charge in [0.25, 0.3) is 5.56 Å². The fourth-order valence-electron chi connectivity index (χ4n) is 3.38. The molecule has 140 valence electrons. The Balaban J connectivity index is 1.71. The Labute approximate surface area is 161 Å². The topological polar surface area (TPSA) is 79.8 Å². The summed E-state index contributed by atoms with van der Waals surface area (Å²) in [5.74, 6) is 0.142. The van der Waals surface area contributed by atoms with Crippen molar-refractivity contribution in [1.29, 1.82) is 0 Å².